The van der Waals surface area contributed by atoms with E-state index in [4.69, 9.17) is 21.1 Å². The van der Waals surface area contributed by atoms with Crippen LogP contribution in [-0.4, -0.2) is 34.5 Å². The van der Waals surface area contributed by atoms with Crippen molar-refractivity contribution in [1.29, 1.82) is 0 Å². The Morgan fingerprint density at radius 2 is 2.17 bits per heavy atom. The van der Waals surface area contributed by atoms with Crippen LogP contribution in [0.4, 0.5) is 0 Å². The molecular formula is C23H28ClNO4S. The number of fused-ring (bicyclic) bond motifs is 2. The molecule has 0 unspecified atom stereocenters. The number of rotatable bonds is 5. The van der Waals surface area contributed by atoms with Crippen molar-refractivity contribution in [1.82, 2.24) is 4.98 Å². The molecule has 3 aliphatic rings. The van der Waals surface area contributed by atoms with Crippen LogP contribution in [0.2, 0.25) is 5.02 Å². The van der Waals surface area contributed by atoms with E-state index in [0.717, 1.165) is 54.3 Å². The Bertz CT molecular complexity index is 903. The van der Waals surface area contributed by atoms with Crippen LogP contribution in [0, 0.1) is 17.8 Å². The highest BCUT2D eigenvalue weighted by atomic mass is 35.5. The van der Waals surface area contributed by atoms with E-state index in [1.807, 2.05) is 11.4 Å². The Morgan fingerprint density at radius 1 is 1.27 bits per heavy atom. The van der Waals surface area contributed by atoms with E-state index in [1.165, 1.54) is 11.1 Å². The van der Waals surface area contributed by atoms with Crippen molar-refractivity contribution in [3.05, 3.63) is 44.4 Å². The van der Waals surface area contributed by atoms with Crippen LogP contribution in [0.1, 0.15) is 53.6 Å². The van der Waals surface area contributed by atoms with E-state index >= 15 is 0 Å². The summed E-state index contributed by atoms with van der Waals surface area (Å²) in [7, 11) is 0. The van der Waals surface area contributed by atoms with Crippen molar-refractivity contribution in [3.8, 4) is 5.75 Å². The summed E-state index contributed by atoms with van der Waals surface area (Å²) in [6, 6.07) is 4.12. The van der Waals surface area contributed by atoms with Crippen molar-refractivity contribution in [2.24, 2.45) is 17.8 Å². The van der Waals surface area contributed by atoms with E-state index in [9.17, 15) is 10.2 Å². The number of nitrogens with zero attached hydrogens (tertiary/aromatic N) is 1. The van der Waals surface area contributed by atoms with Crippen molar-refractivity contribution in [3.63, 3.8) is 0 Å². The Morgan fingerprint density at radius 3 is 3.00 bits per heavy atom. The summed E-state index contributed by atoms with van der Waals surface area (Å²) in [5, 5.41) is 23.6. The zero-order chi connectivity index (χ0) is 20.7. The molecule has 1 saturated carbocycles. The summed E-state index contributed by atoms with van der Waals surface area (Å²) in [6.07, 6.45) is 5.50. The average Bonchev–Trinajstić information content (AvgIpc) is 3.45. The highest BCUT2D eigenvalue weighted by molar-refractivity contribution is 7.09. The molecule has 1 aromatic heterocycles. The number of ether oxygens (including phenoxy) is 2. The van der Waals surface area contributed by atoms with E-state index in [1.54, 1.807) is 11.3 Å². The minimum atomic E-state index is -0.366. The molecule has 162 valence electrons. The molecule has 0 bridgehead atoms. The molecule has 1 saturated heterocycles. The molecule has 5 nitrogen and oxygen atoms in total. The normalized spacial score (nSPS) is 30.7. The van der Waals surface area contributed by atoms with Gasteiger partial charge >= 0.3 is 0 Å². The van der Waals surface area contributed by atoms with Gasteiger partial charge in [-0.3, -0.25) is 0 Å². The van der Waals surface area contributed by atoms with Gasteiger partial charge in [0.2, 0.25) is 0 Å². The standard InChI is InChI=1S/C23H28ClNO4S/c24-22-17-3-1-2-13(17)4-6-20(22)29-11-18-16-5-7-21(23-25-15(9-26)12-30-23)28-10-14(16)8-19(18)27/h4,6,12,14,16,18-19,21,26-27H,1-3,5,7-11H2/t14-,16+,18-,19-,21-/m1/s1. The van der Waals surface area contributed by atoms with Gasteiger partial charge in [0, 0.05) is 11.3 Å². The van der Waals surface area contributed by atoms with Gasteiger partial charge in [-0.05, 0) is 67.6 Å². The monoisotopic (exact) mass is 449 g/mol. The van der Waals surface area contributed by atoms with Crippen molar-refractivity contribution < 1.29 is 19.7 Å². The van der Waals surface area contributed by atoms with Gasteiger partial charge in [0.1, 0.15) is 16.9 Å². The SMILES string of the molecule is OCc1csc([C@H]2CC[C@H]3[C@@H](CO2)C[C@@H](O)[C@@H]3COc2ccc3c(c2Cl)CCC3)n1. The summed E-state index contributed by atoms with van der Waals surface area (Å²) in [6.45, 7) is 1.08. The highest BCUT2D eigenvalue weighted by Gasteiger charge is 2.44. The predicted molar refractivity (Wildman–Crippen MR) is 116 cm³/mol. The molecule has 5 atom stereocenters. The van der Waals surface area contributed by atoms with E-state index in [0.29, 0.717) is 30.7 Å². The number of aliphatic hydroxyl groups excluding tert-OH is 2. The zero-order valence-electron chi connectivity index (χ0n) is 16.9. The molecule has 2 heterocycles. The van der Waals surface area contributed by atoms with Gasteiger partial charge in [-0.2, -0.15) is 0 Å². The second-order valence-corrected chi connectivity index (χ2v) is 10.1. The number of aromatic nitrogens is 1. The third-order valence-corrected chi connectivity index (χ3v) is 8.48. The summed E-state index contributed by atoms with van der Waals surface area (Å²) in [5.74, 6) is 1.54. The summed E-state index contributed by atoms with van der Waals surface area (Å²) in [5.41, 5.74) is 3.28. The third-order valence-electron chi connectivity index (χ3n) is 7.08. The van der Waals surface area contributed by atoms with Crippen LogP contribution in [0.3, 0.4) is 0 Å². The van der Waals surface area contributed by atoms with Gasteiger partial charge in [-0.25, -0.2) is 4.98 Å². The van der Waals surface area contributed by atoms with Gasteiger partial charge in [0.25, 0.3) is 0 Å². The molecule has 2 aliphatic carbocycles. The molecule has 1 aliphatic heterocycles. The minimum absolute atomic E-state index is 0.0224. The van der Waals surface area contributed by atoms with E-state index in [2.05, 4.69) is 11.1 Å². The Kier molecular flexibility index (Phi) is 6.04. The van der Waals surface area contributed by atoms with Crippen LogP contribution >= 0.6 is 22.9 Å². The number of hydrogen-bond acceptors (Lipinski definition) is 6. The van der Waals surface area contributed by atoms with Crippen LogP contribution < -0.4 is 4.74 Å². The topological polar surface area (TPSA) is 71.8 Å². The maximum absolute atomic E-state index is 10.7. The molecule has 2 aromatic rings. The van der Waals surface area contributed by atoms with Crippen LogP contribution in [0.25, 0.3) is 0 Å². The second kappa shape index (κ2) is 8.75. The summed E-state index contributed by atoms with van der Waals surface area (Å²) >= 11 is 8.16. The summed E-state index contributed by atoms with van der Waals surface area (Å²) < 4.78 is 12.3. The number of aliphatic hydroxyl groups is 2. The molecule has 30 heavy (non-hydrogen) atoms. The van der Waals surface area contributed by atoms with Gasteiger partial charge in [0.15, 0.2) is 0 Å². The molecule has 5 rings (SSSR count). The summed E-state index contributed by atoms with van der Waals surface area (Å²) in [4.78, 5) is 4.49. The lowest BCUT2D eigenvalue weighted by molar-refractivity contribution is 0.0333. The Balaban J connectivity index is 1.25. The molecule has 7 heteroatoms. The van der Waals surface area contributed by atoms with Gasteiger partial charge in [-0.1, -0.05) is 17.7 Å². The number of benzene rings is 1. The fraction of sp³-hybridized carbons (Fsp3) is 0.609. The van der Waals surface area contributed by atoms with Crippen molar-refractivity contribution in [2.75, 3.05) is 13.2 Å². The molecule has 1 aromatic carbocycles. The first kappa shape index (κ1) is 20.7. The smallest absolute Gasteiger partial charge is 0.138 e. The molecular weight excluding hydrogens is 422 g/mol. The molecule has 0 radical (unpaired) electrons. The zero-order valence-corrected chi connectivity index (χ0v) is 18.5. The maximum Gasteiger partial charge on any atom is 0.138 e. The molecule has 2 fully saturated rings. The number of halogens is 1. The molecule has 0 amide bonds. The Labute approximate surface area is 186 Å². The number of hydrogen-bond donors (Lipinski definition) is 2. The number of aryl methyl sites for hydroxylation is 1. The van der Waals surface area contributed by atoms with E-state index < -0.39 is 0 Å². The first-order chi connectivity index (χ1) is 14.6. The third kappa shape index (κ3) is 3.89. The average molecular weight is 450 g/mol. The van der Waals surface area contributed by atoms with Gasteiger partial charge in [-0.15, -0.1) is 11.3 Å². The van der Waals surface area contributed by atoms with Crippen LogP contribution in [0.5, 0.6) is 5.75 Å². The highest BCUT2D eigenvalue weighted by Crippen LogP contribution is 2.46. The predicted octanol–water partition coefficient (Wildman–Crippen LogP) is 4.32. The first-order valence-corrected chi connectivity index (χ1v) is 12.2. The first-order valence-electron chi connectivity index (χ1n) is 10.9. The van der Waals surface area contributed by atoms with Crippen molar-refractivity contribution in [2.45, 2.75) is 57.3 Å². The fourth-order valence-electron chi connectivity index (χ4n) is 5.47. The van der Waals surface area contributed by atoms with Gasteiger partial charge < -0.3 is 19.7 Å². The minimum Gasteiger partial charge on any atom is -0.492 e. The molecule has 0 spiro atoms. The Hall–Kier alpha value is -1.18. The van der Waals surface area contributed by atoms with E-state index in [-0.39, 0.29) is 24.7 Å². The van der Waals surface area contributed by atoms with Gasteiger partial charge in [0.05, 0.1) is 36.6 Å². The number of thiazole rings is 1. The van der Waals surface area contributed by atoms with Crippen LogP contribution in [0.15, 0.2) is 17.5 Å². The quantitative estimate of drug-likeness (QED) is 0.711. The lowest BCUT2D eigenvalue weighted by Gasteiger charge is -2.24. The lowest BCUT2D eigenvalue weighted by atomic mass is 9.86. The molecule has 2 N–H and O–H groups in total. The largest absolute Gasteiger partial charge is 0.492 e. The van der Waals surface area contributed by atoms with Crippen molar-refractivity contribution >= 4 is 22.9 Å². The fourth-order valence-corrected chi connectivity index (χ4v) is 6.70. The second-order valence-electron chi connectivity index (χ2n) is 8.81. The maximum atomic E-state index is 10.7. The lowest BCUT2D eigenvalue weighted by Crippen LogP contribution is -2.27. The van der Waals surface area contributed by atoms with Crippen LogP contribution in [-0.2, 0) is 24.2 Å².